The van der Waals surface area contributed by atoms with Gasteiger partial charge in [-0.05, 0) is 144 Å². The zero-order valence-corrected chi connectivity index (χ0v) is 42.1. The Morgan fingerprint density at radius 1 is 0.352 bits per heavy atom. The normalized spacial score (nSPS) is 13.6. The molecule has 5 heteroatoms. The third-order valence-corrected chi connectivity index (χ3v) is 15.3. The molecule has 2 aromatic heterocycles. The number of para-hydroxylation sites is 2. The first-order chi connectivity index (χ1) is 34.1. The van der Waals surface area contributed by atoms with E-state index in [4.69, 9.17) is 8.83 Å². The van der Waals surface area contributed by atoms with E-state index in [0.717, 1.165) is 66.4 Å². The van der Waals surface area contributed by atoms with E-state index in [0.29, 0.717) is 0 Å². The van der Waals surface area contributed by atoms with Gasteiger partial charge in [-0.1, -0.05) is 172 Å². The lowest BCUT2D eigenvalue weighted by molar-refractivity contribution is 0.590. The van der Waals surface area contributed by atoms with E-state index in [2.05, 4.69) is 242 Å². The molecule has 346 valence electrons. The monoisotopic (exact) mass is 920 g/mol. The van der Waals surface area contributed by atoms with E-state index in [9.17, 15) is 0 Å². The molecule has 0 bridgehead atoms. The summed E-state index contributed by atoms with van der Waals surface area (Å²) in [6, 6.07) is 67.6. The van der Waals surface area contributed by atoms with E-state index in [1.54, 1.807) is 0 Å². The summed E-state index contributed by atoms with van der Waals surface area (Å²) in [5.41, 5.74) is 23.0. The van der Waals surface area contributed by atoms with Gasteiger partial charge in [0.25, 0.3) is 6.71 Å². The SMILES string of the molecule is CC(C)(C)c1ccc2c(c1)N(c1ccc(-c3cccc4oc5ccccc5c34)cc1)c1cc(C(C)(C)C)cc3c1B2c1ccc(C(C)(C)C)cc1N3c1ccc(-c2cccc3oc4ccccc4c23)cc1. The Kier molecular flexibility index (Phi) is 9.37. The van der Waals surface area contributed by atoms with Gasteiger partial charge in [0.05, 0.1) is 0 Å². The van der Waals surface area contributed by atoms with Crippen LogP contribution < -0.4 is 26.2 Å². The second-order valence-corrected chi connectivity index (χ2v) is 23.0. The molecule has 4 heterocycles. The summed E-state index contributed by atoms with van der Waals surface area (Å²) >= 11 is 0. The van der Waals surface area contributed by atoms with Crippen LogP contribution in [0.3, 0.4) is 0 Å². The number of hydrogen-bond acceptors (Lipinski definition) is 4. The third kappa shape index (κ3) is 6.80. The van der Waals surface area contributed by atoms with Crippen molar-refractivity contribution in [3.63, 3.8) is 0 Å². The molecule has 2 aliphatic rings. The summed E-state index contributed by atoms with van der Waals surface area (Å²) in [6.45, 7) is 21.0. The Morgan fingerprint density at radius 2 is 0.732 bits per heavy atom. The van der Waals surface area contributed by atoms with E-state index in [1.807, 2.05) is 12.1 Å². The average Bonchev–Trinajstić information content (AvgIpc) is 3.94. The van der Waals surface area contributed by atoms with Crippen molar-refractivity contribution in [3.05, 3.63) is 199 Å². The molecule has 0 aliphatic carbocycles. The molecular formula is C66H57BN2O2. The average molecular weight is 921 g/mol. The van der Waals surface area contributed by atoms with Crippen molar-refractivity contribution in [1.82, 2.24) is 0 Å². The molecule has 13 rings (SSSR count). The standard InChI is InChI=1S/C66H57BN2O2/c1-64(2,3)42-28-34-51-53(36-42)68(45-30-24-40(25-31-45)47-18-14-22-59-61(47)49-16-10-12-20-57(49)70-59)55-38-44(66(7,8)9)39-56-63(55)67(51)52-35-29-43(65(4,5)6)37-54(52)69(56)46-32-26-41(27-33-46)48-19-15-23-60-62(48)50-17-11-13-21-58(50)71-60/h10-39H,1-9H3. The number of benzene rings is 9. The maximum atomic E-state index is 6.35. The van der Waals surface area contributed by atoms with Crippen LogP contribution in [-0.4, -0.2) is 6.71 Å². The van der Waals surface area contributed by atoms with Crippen molar-refractivity contribution < 1.29 is 8.83 Å². The number of hydrogen-bond donors (Lipinski definition) is 0. The second-order valence-electron chi connectivity index (χ2n) is 23.0. The first kappa shape index (κ1) is 43.3. The second kappa shape index (κ2) is 15.4. The minimum atomic E-state index is -0.148. The number of rotatable bonds is 4. The van der Waals surface area contributed by atoms with Crippen molar-refractivity contribution in [2.45, 2.75) is 78.6 Å². The minimum Gasteiger partial charge on any atom is -0.456 e. The van der Waals surface area contributed by atoms with Gasteiger partial charge in [0.1, 0.15) is 22.3 Å². The highest BCUT2D eigenvalue weighted by Crippen LogP contribution is 2.49. The van der Waals surface area contributed by atoms with Gasteiger partial charge in [-0.3, -0.25) is 0 Å². The molecule has 0 atom stereocenters. The molecule has 0 saturated heterocycles. The number of nitrogens with zero attached hydrogens (tertiary/aromatic N) is 2. The summed E-state index contributed by atoms with van der Waals surface area (Å²) in [4.78, 5) is 5.14. The lowest BCUT2D eigenvalue weighted by atomic mass is 9.33. The highest BCUT2D eigenvalue weighted by molar-refractivity contribution is 7.00. The lowest BCUT2D eigenvalue weighted by Crippen LogP contribution is -2.61. The summed E-state index contributed by atoms with van der Waals surface area (Å²) in [5.74, 6) is 0. The van der Waals surface area contributed by atoms with E-state index >= 15 is 0 Å². The first-order valence-electron chi connectivity index (χ1n) is 25.2. The molecule has 0 amide bonds. The Balaban J connectivity index is 1.04. The Labute approximate surface area is 417 Å². The minimum absolute atomic E-state index is 0.00653. The molecule has 0 fully saturated rings. The molecule has 0 radical (unpaired) electrons. The fourth-order valence-corrected chi connectivity index (χ4v) is 11.5. The van der Waals surface area contributed by atoms with Gasteiger partial charge in [0.15, 0.2) is 0 Å². The molecule has 11 aromatic rings. The van der Waals surface area contributed by atoms with Crippen LogP contribution in [0.25, 0.3) is 66.1 Å². The largest absolute Gasteiger partial charge is 0.456 e. The van der Waals surface area contributed by atoms with Crippen molar-refractivity contribution in [3.8, 4) is 22.3 Å². The van der Waals surface area contributed by atoms with Gasteiger partial charge in [-0.2, -0.15) is 0 Å². The van der Waals surface area contributed by atoms with Gasteiger partial charge in [-0.25, -0.2) is 0 Å². The van der Waals surface area contributed by atoms with Crippen LogP contribution in [0.4, 0.5) is 34.1 Å². The maximum absolute atomic E-state index is 6.35. The summed E-state index contributed by atoms with van der Waals surface area (Å²) < 4.78 is 12.7. The third-order valence-electron chi connectivity index (χ3n) is 15.3. The predicted molar refractivity (Wildman–Crippen MR) is 302 cm³/mol. The molecule has 4 nitrogen and oxygen atoms in total. The molecule has 0 N–H and O–H groups in total. The van der Waals surface area contributed by atoms with Crippen LogP contribution in [0.5, 0.6) is 0 Å². The van der Waals surface area contributed by atoms with Crippen molar-refractivity contribution >= 4 is 101 Å². The summed E-state index contributed by atoms with van der Waals surface area (Å²) in [6.07, 6.45) is 0. The molecule has 0 spiro atoms. The Bertz CT molecular complexity index is 3700. The topological polar surface area (TPSA) is 32.8 Å². The highest BCUT2D eigenvalue weighted by Gasteiger charge is 2.45. The van der Waals surface area contributed by atoms with Gasteiger partial charge in [0.2, 0.25) is 0 Å². The van der Waals surface area contributed by atoms with Gasteiger partial charge in [-0.15, -0.1) is 0 Å². The van der Waals surface area contributed by atoms with Crippen LogP contribution in [0.15, 0.2) is 191 Å². The summed E-state index contributed by atoms with van der Waals surface area (Å²) in [7, 11) is 0. The molecule has 71 heavy (non-hydrogen) atoms. The van der Waals surface area contributed by atoms with Crippen molar-refractivity contribution in [2.24, 2.45) is 0 Å². The van der Waals surface area contributed by atoms with Crippen LogP contribution in [0, 0.1) is 0 Å². The fourth-order valence-electron chi connectivity index (χ4n) is 11.5. The smallest absolute Gasteiger partial charge is 0.252 e. The van der Waals surface area contributed by atoms with Crippen LogP contribution in [0.1, 0.15) is 79.0 Å². The fraction of sp³-hybridized carbons (Fsp3) is 0.182. The quantitative estimate of drug-likeness (QED) is 0.165. The van der Waals surface area contributed by atoms with Crippen LogP contribution in [0.2, 0.25) is 0 Å². The molecular weight excluding hydrogens is 864 g/mol. The Hall–Kier alpha value is -7.76. The van der Waals surface area contributed by atoms with Crippen molar-refractivity contribution in [1.29, 1.82) is 0 Å². The zero-order chi connectivity index (χ0) is 48.7. The lowest BCUT2D eigenvalue weighted by Gasteiger charge is -2.45. The zero-order valence-electron chi connectivity index (χ0n) is 42.1. The highest BCUT2D eigenvalue weighted by atomic mass is 16.3. The van der Waals surface area contributed by atoms with E-state index in [-0.39, 0.29) is 23.0 Å². The first-order valence-corrected chi connectivity index (χ1v) is 25.2. The molecule has 0 saturated carbocycles. The number of anilines is 6. The van der Waals surface area contributed by atoms with E-state index < -0.39 is 0 Å². The molecule has 2 aliphatic heterocycles. The van der Waals surface area contributed by atoms with Gasteiger partial charge in [0, 0.05) is 55.7 Å². The predicted octanol–water partition coefficient (Wildman–Crippen LogP) is 16.8. The summed E-state index contributed by atoms with van der Waals surface area (Å²) in [5, 5.41) is 4.57. The Morgan fingerprint density at radius 3 is 1.14 bits per heavy atom. The van der Waals surface area contributed by atoms with Gasteiger partial charge >= 0.3 is 0 Å². The van der Waals surface area contributed by atoms with Crippen LogP contribution in [-0.2, 0) is 16.2 Å². The van der Waals surface area contributed by atoms with E-state index in [1.165, 1.54) is 67.0 Å². The van der Waals surface area contributed by atoms with Gasteiger partial charge < -0.3 is 18.6 Å². The van der Waals surface area contributed by atoms with Crippen LogP contribution >= 0.6 is 0 Å². The molecule has 9 aromatic carbocycles. The maximum Gasteiger partial charge on any atom is 0.252 e. The molecule has 0 unspecified atom stereocenters. The number of furan rings is 2. The van der Waals surface area contributed by atoms with Crippen molar-refractivity contribution in [2.75, 3.05) is 9.80 Å². The number of fused-ring (bicyclic) bond motifs is 10.